The van der Waals surface area contributed by atoms with Crippen LogP contribution in [-0.4, -0.2) is 49.3 Å². The molecule has 2 N–H and O–H groups in total. The van der Waals surface area contributed by atoms with Crippen molar-refractivity contribution in [2.45, 2.75) is 56.8 Å². The molecular formula is C14H24F3N3O. The highest BCUT2D eigenvalue weighted by Gasteiger charge is 2.46. The summed E-state index contributed by atoms with van der Waals surface area (Å²) in [5, 5.41) is 4.86. The average molecular weight is 307 g/mol. The number of carbonyl (C=O) groups is 1. The number of likely N-dealkylation sites (tertiary alicyclic amines) is 1. The van der Waals surface area contributed by atoms with Crippen LogP contribution in [0.3, 0.4) is 0 Å². The van der Waals surface area contributed by atoms with Crippen molar-refractivity contribution in [3.05, 3.63) is 0 Å². The van der Waals surface area contributed by atoms with E-state index in [2.05, 4.69) is 15.5 Å². The van der Waals surface area contributed by atoms with Gasteiger partial charge in [0.15, 0.2) is 0 Å². The highest BCUT2D eigenvalue weighted by Crippen LogP contribution is 2.35. The van der Waals surface area contributed by atoms with Crippen molar-refractivity contribution in [1.29, 1.82) is 0 Å². The summed E-state index contributed by atoms with van der Waals surface area (Å²) in [5.74, 6) is -0.478. The van der Waals surface area contributed by atoms with E-state index >= 15 is 0 Å². The Balaban J connectivity index is 1.86. The summed E-state index contributed by atoms with van der Waals surface area (Å²) in [5.41, 5.74) is 0. The Labute approximate surface area is 123 Å². The molecule has 1 heterocycles. The first-order chi connectivity index (χ1) is 9.86. The molecule has 0 radical (unpaired) electrons. The Hall–Kier alpha value is -0.980. The lowest BCUT2D eigenvalue weighted by Crippen LogP contribution is -2.55. The van der Waals surface area contributed by atoms with Crippen molar-refractivity contribution in [2.24, 2.45) is 5.92 Å². The second-order valence-electron chi connectivity index (χ2n) is 6.26. The van der Waals surface area contributed by atoms with Gasteiger partial charge in [0.2, 0.25) is 0 Å². The Morgan fingerprint density at radius 2 is 1.71 bits per heavy atom. The monoisotopic (exact) mass is 307 g/mol. The molecule has 7 heteroatoms. The van der Waals surface area contributed by atoms with E-state index in [4.69, 9.17) is 0 Å². The predicted octanol–water partition coefficient (Wildman–Crippen LogP) is 2.50. The minimum atomic E-state index is -4.38. The van der Waals surface area contributed by atoms with E-state index in [9.17, 15) is 18.0 Å². The second-order valence-corrected chi connectivity index (χ2v) is 6.26. The molecule has 0 bridgehead atoms. The van der Waals surface area contributed by atoms with Gasteiger partial charge in [-0.3, -0.25) is 0 Å². The smallest absolute Gasteiger partial charge is 0.335 e. The standard InChI is InChI=1S/C14H24F3N3O/c1-20-8-6-11(7-9-20)18-13(21)19-12(14(15,16)17)10-4-2-3-5-10/h10-12H,2-9H2,1H3,(H2,18,19,21)/t12-/m0/s1. The van der Waals surface area contributed by atoms with Crippen molar-refractivity contribution >= 4 is 6.03 Å². The van der Waals surface area contributed by atoms with Crippen molar-refractivity contribution in [3.8, 4) is 0 Å². The predicted molar refractivity (Wildman–Crippen MR) is 74.0 cm³/mol. The topological polar surface area (TPSA) is 44.4 Å². The van der Waals surface area contributed by atoms with Crippen LogP contribution >= 0.6 is 0 Å². The molecule has 2 fully saturated rings. The molecule has 2 aliphatic rings. The number of amides is 2. The zero-order chi connectivity index (χ0) is 15.5. The molecule has 2 amide bonds. The summed E-state index contributed by atoms with van der Waals surface area (Å²) < 4.78 is 39.3. The van der Waals surface area contributed by atoms with E-state index in [0.29, 0.717) is 12.8 Å². The van der Waals surface area contributed by atoms with Crippen molar-refractivity contribution in [1.82, 2.24) is 15.5 Å². The van der Waals surface area contributed by atoms with Crippen LogP contribution in [0.1, 0.15) is 38.5 Å². The van der Waals surface area contributed by atoms with Crippen molar-refractivity contribution < 1.29 is 18.0 Å². The largest absolute Gasteiger partial charge is 0.408 e. The minimum Gasteiger partial charge on any atom is -0.335 e. The fraction of sp³-hybridized carbons (Fsp3) is 0.929. The Morgan fingerprint density at radius 1 is 1.14 bits per heavy atom. The summed E-state index contributed by atoms with van der Waals surface area (Å²) >= 11 is 0. The van der Waals surface area contributed by atoms with E-state index in [1.807, 2.05) is 7.05 Å². The van der Waals surface area contributed by atoms with Gasteiger partial charge in [-0.25, -0.2) is 4.79 Å². The number of hydrogen-bond acceptors (Lipinski definition) is 2. The van der Waals surface area contributed by atoms with Crippen LogP contribution in [0.2, 0.25) is 0 Å². The maximum absolute atomic E-state index is 13.1. The lowest BCUT2D eigenvalue weighted by molar-refractivity contribution is -0.164. The Kier molecular flexibility index (Phi) is 5.35. The molecule has 1 aliphatic carbocycles. The number of halogens is 3. The molecule has 1 saturated heterocycles. The number of nitrogens with zero attached hydrogens (tertiary/aromatic N) is 1. The molecule has 0 aromatic carbocycles. The molecule has 1 aliphatic heterocycles. The first-order valence-corrected chi connectivity index (χ1v) is 7.68. The number of alkyl halides is 3. The summed E-state index contributed by atoms with van der Waals surface area (Å²) in [7, 11) is 2.00. The lowest BCUT2D eigenvalue weighted by Gasteiger charge is -2.31. The number of rotatable bonds is 3. The highest BCUT2D eigenvalue weighted by molar-refractivity contribution is 5.74. The second kappa shape index (κ2) is 6.85. The number of urea groups is 1. The molecule has 0 aromatic rings. The molecule has 1 saturated carbocycles. The molecule has 21 heavy (non-hydrogen) atoms. The molecule has 1 atom stereocenters. The fourth-order valence-corrected chi connectivity index (χ4v) is 3.28. The van der Waals surface area contributed by atoms with Crippen molar-refractivity contribution in [3.63, 3.8) is 0 Å². The normalized spacial score (nSPS) is 24.0. The van der Waals surface area contributed by atoms with Crippen LogP contribution in [0.15, 0.2) is 0 Å². The van der Waals surface area contributed by atoms with Gasteiger partial charge in [-0.1, -0.05) is 12.8 Å². The first-order valence-electron chi connectivity index (χ1n) is 7.68. The van der Waals surface area contributed by atoms with E-state index in [0.717, 1.165) is 38.8 Å². The van der Waals surface area contributed by atoms with E-state index in [1.165, 1.54) is 0 Å². The van der Waals surface area contributed by atoms with Crippen LogP contribution in [0.5, 0.6) is 0 Å². The third-order valence-corrected chi connectivity index (χ3v) is 4.56. The summed E-state index contributed by atoms with van der Waals surface area (Å²) in [4.78, 5) is 14.0. The van der Waals surface area contributed by atoms with E-state index in [1.54, 1.807) is 0 Å². The van der Waals surface area contributed by atoms with Gasteiger partial charge in [0.25, 0.3) is 0 Å². The summed E-state index contributed by atoms with van der Waals surface area (Å²) in [6.45, 7) is 1.71. The molecular weight excluding hydrogens is 283 g/mol. The average Bonchev–Trinajstić information content (AvgIpc) is 2.91. The third kappa shape index (κ3) is 4.76. The maximum atomic E-state index is 13.1. The molecule has 2 rings (SSSR count). The number of piperidine rings is 1. The first kappa shape index (κ1) is 16.4. The van der Waals surface area contributed by atoms with Crippen LogP contribution in [0.25, 0.3) is 0 Å². The van der Waals surface area contributed by atoms with Gasteiger partial charge >= 0.3 is 12.2 Å². The van der Waals surface area contributed by atoms with Crippen molar-refractivity contribution in [2.75, 3.05) is 20.1 Å². The van der Waals surface area contributed by atoms with Gasteiger partial charge in [-0.2, -0.15) is 13.2 Å². The minimum absolute atomic E-state index is 0.0290. The third-order valence-electron chi connectivity index (χ3n) is 4.56. The van der Waals surface area contributed by atoms with Crippen LogP contribution < -0.4 is 10.6 Å². The van der Waals surface area contributed by atoms with Crippen LogP contribution in [0, 0.1) is 5.92 Å². The van der Waals surface area contributed by atoms with E-state index in [-0.39, 0.29) is 6.04 Å². The molecule has 0 aromatic heterocycles. The van der Waals surface area contributed by atoms with Crippen LogP contribution in [0.4, 0.5) is 18.0 Å². The highest BCUT2D eigenvalue weighted by atomic mass is 19.4. The van der Waals surface area contributed by atoms with Gasteiger partial charge in [-0.15, -0.1) is 0 Å². The number of nitrogens with one attached hydrogen (secondary N) is 2. The number of hydrogen-bond donors (Lipinski definition) is 2. The van der Waals surface area contributed by atoms with Crippen LogP contribution in [-0.2, 0) is 0 Å². The molecule has 122 valence electrons. The van der Waals surface area contributed by atoms with E-state index < -0.39 is 24.2 Å². The Bertz CT molecular complexity index is 348. The lowest BCUT2D eigenvalue weighted by atomic mass is 9.97. The molecule has 0 spiro atoms. The Morgan fingerprint density at radius 3 is 2.24 bits per heavy atom. The summed E-state index contributed by atoms with van der Waals surface area (Å²) in [6, 6.07) is -2.43. The van der Waals surface area contributed by atoms with Gasteiger partial charge in [-0.05, 0) is 51.7 Å². The number of carbonyl (C=O) groups excluding carboxylic acids is 1. The van der Waals surface area contributed by atoms with Gasteiger partial charge in [0.1, 0.15) is 6.04 Å². The zero-order valence-corrected chi connectivity index (χ0v) is 12.4. The maximum Gasteiger partial charge on any atom is 0.408 e. The van der Waals surface area contributed by atoms with Gasteiger partial charge in [0, 0.05) is 6.04 Å². The molecule has 0 unspecified atom stereocenters. The van der Waals surface area contributed by atoms with Gasteiger partial charge < -0.3 is 15.5 Å². The zero-order valence-electron chi connectivity index (χ0n) is 12.4. The molecule has 4 nitrogen and oxygen atoms in total. The quantitative estimate of drug-likeness (QED) is 0.841. The SMILES string of the molecule is CN1CCC(NC(=O)N[C@@H](C2CCCC2)C(F)(F)F)CC1. The summed E-state index contributed by atoms with van der Waals surface area (Å²) in [6.07, 6.45) is -0.102. The fourth-order valence-electron chi connectivity index (χ4n) is 3.28. The van der Waals surface area contributed by atoms with Gasteiger partial charge in [0.05, 0.1) is 0 Å².